The van der Waals surface area contributed by atoms with Gasteiger partial charge in [-0.25, -0.2) is 0 Å². The number of carbonyl (C=O) groups excluding carboxylic acids is 2. The summed E-state index contributed by atoms with van der Waals surface area (Å²) >= 11 is 0. The standard InChI is InChI=1S/C13H22N2O2/c1-3-13(4-2,8-14)15-11(16)9-6-5-7-10(9)12(15)17/h9-10H,3-8,14H2,1-2H3. The van der Waals surface area contributed by atoms with Crippen molar-refractivity contribution in [2.75, 3.05) is 6.54 Å². The van der Waals surface area contributed by atoms with Gasteiger partial charge in [-0.1, -0.05) is 20.3 Å². The zero-order valence-electron chi connectivity index (χ0n) is 10.7. The predicted molar refractivity (Wildman–Crippen MR) is 65.1 cm³/mol. The summed E-state index contributed by atoms with van der Waals surface area (Å²) < 4.78 is 0. The number of hydrogen-bond acceptors (Lipinski definition) is 3. The lowest BCUT2D eigenvalue weighted by Crippen LogP contribution is -2.56. The third kappa shape index (κ3) is 1.61. The van der Waals surface area contributed by atoms with Gasteiger partial charge in [0.2, 0.25) is 11.8 Å². The van der Waals surface area contributed by atoms with E-state index in [1.54, 1.807) is 0 Å². The molecule has 2 atom stereocenters. The Morgan fingerprint density at radius 2 is 1.65 bits per heavy atom. The first-order chi connectivity index (χ1) is 8.11. The zero-order chi connectivity index (χ0) is 12.6. The van der Waals surface area contributed by atoms with Crippen molar-refractivity contribution in [2.24, 2.45) is 17.6 Å². The molecule has 17 heavy (non-hydrogen) atoms. The molecule has 1 saturated carbocycles. The van der Waals surface area contributed by atoms with Crippen LogP contribution in [0, 0.1) is 11.8 Å². The monoisotopic (exact) mass is 238 g/mol. The van der Waals surface area contributed by atoms with Gasteiger partial charge in [0.05, 0.1) is 17.4 Å². The fraction of sp³-hybridized carbons (Fsp3) is 0.846. The number of likely N-dealkylation sites (tertiary alicyclic amines) is 1. The fourth-order valence-corrected chi connectivity index (χ4v) is 3.41. The molecule has 0 bridgehead atoms. The lowest BCUT2D eigenvalue weighted by molar-refractivity contribution is -0.148. The van der Waals surface area contributed by atoms with Crippen molar-refractivity contribution in [2.45, 2.75) is 51.5 Å². The minimum Gasteiger partial charge on any atom is -0.328 e. The van der Waals surface area contributed by atoms with Gasteiger partial charge in [-0.3, -0.25) is 14.5 Å². The Labute approximate surface area is 103 Å². The molecular formula is C13H22N2O2. The average Bonchev–Trinajstić information content (AvgIpc) is 2.91. The summed E-state index contributed by atoms with van der Waals surface area (Å²) in [4.78, 5) is 26.3. The smallest absolute Gasteiger partial charge is 0.233 e. The van der Waals surface area contributed by atoms with E-state index in [0.717, 1.165) is 32.1 Å². The quantitative estimate of drug-likeness (QED) is 0.751. The summed E-state index contributed by atoms with van der Waals surface area (Å²) in [5.41, 5.74) is 5.39. The van der Waals surface area contributed by atoms with Gasteiger partial charge in [0, 0.05) is 6.54 Å². The van der Waals surface area contributed by atoms with E-state index in [1.165, 1.54) is 4.90 Å². The van der Waals surface area contributed by atoms with Crippen molar-refractivity contribution < 1.29 is 9.59 Å². The molecule has 0 radical (unpaired) electrons. The van der Waals surface area contributed by atoms with Gasteiger partial charge in [-0.05, 0) is 25.7 Å². The van der Waals surface area contributed by atoms with Crippen LogP contribution in [-0.2, 0) is 9.59 Å². The number of nitrogens with zero attached hydrogens (tertiary/aromatic N) is 1. The van der Waals surface area contributed by atoms with E-state index in [4.69, 9.17) is 5.73 Å². The fourth-order valence-electron chi connectivity index (χ4n) is 3.41. The topological polar surface area (TPSA) is 63.4 Å². The molecule has 96 valence electrons. The Morgan fingerprint density at radius 1 is 1.18 bits per heavy atom. The lowest BCUT2D eigenvalue weighted by Gasteiger charge is -2.39. The van der Waals surface area contributed by atoms with E-state index >= 15 is 0 Å². The molecule has 1 aliphatic carbocycles. The van der Waals surface area contributed by atoms with Crippen LogP contribution in [0.4, 0.5) is 0 Å². The number of rotatable bonds is 4. The normalized spacial score (nSPS) is 29.0. The van der Waals surface area contributed by atoms with Crippen LogP contribution in [0.25, 0.3) is 0 Å². The Kier molecular flexibility index (Phi) is 3.25. The predicted octanol–water partition coefficient (Wildman–Crippen LogP) is 1.29. The molecule has 2 fully saturated rings. The van der Waals surface area contributed by atoms with Crippen molar-refractivity contribution in [3.63, 3.8) is 0 Å². The second-order valence-electron chi connectivity index (χ2n) is 5.29. The van der Waals surface area contributed by atoms with E-state index in [9.17, 15) is 9.59 Å². The highest BCUT2D eigenvalue weighted by molar-refractivity contribution is 6.06. The van der Waals surface area contributed by atoms with E-state index in [-0.39, 0.29) is 23.7 Å². The molecule has 2 unspecified atom stereocenters. The summed E-state index contributed by atoms with van der Waals surface area (Å²) in [5.74, 6) is -0.0312. The number of carbonyl (C=O) groups is 2. The number of hydrogen-bond donors (Lipinski definition) is 1. The summed E-state index contributed by atoms with van der Waals surface area (Å²) in [6.07, 6.45) is 4.25. The van der Waals surface area contributed by atoms with Crippen LogP contribution in [0.3, 0.4) is 0 Å². The van der Waals surface area contributed by atoms with Crippen molar-refractivity contribution >= 4 is 11.8 Å². The molecule has 2 amide bonds. The molecule has 1 heterocycles. The SMILES string of the molecule is CCC(CC)(CN)N1C(=O)C2CCCC2C1=O. The maximum absolute atomic E-state index is 12.4. The van der Waals surface area contributed by atoms with Crippen molar-refractivity contribution in [3.8, 4) is 0 Å². The molecular weight excluding hydrogens is 216 g/mol. The van der Waals surface area contributed by atoms with Gasteiger partial charge in [-0.15, -0.1) is 0 Å². The van der Waals surface area contributed by atoms with E-state index < -0.39 is 5.54 Å². The molecule has 0 aromatic carbocycles. The lowest BCUT2D eigenvalue weighted by atomic mass is 9.90. The third-order valence-corrected chi connectivity index (χ3v) is 4.76. The maximum Gasteiger partial charge on any atom is 0.233 e. The number of fused-ring (bicyclic) bond motifs is 1. The van der Waals surface area contributed by atoms with Gasteiger partial charge in [0.15, 0.2) is 0 Å². The molecule has 4 heteroatoms. The van der Waals surface area contributed by atoms with Crippen LogP contribution in [0.1, 0.15) is 46.0 Å². The largest absolute Gasteiger partial charge is 0.328 e. The Balaban J connectivity index is 2.33. The van der Waals surface area contributed by atoms with Crippen LogP contribution in [0.15, 0.2) is 0 Å². The van der Waals surface area contributed by atoms with E-state index in [1.807, 2.05) is 13.8 Å². The van der Waals surface area contributed by atoms with Gasteiger partial charge >= 0.3 is 0 Å². The Hall–Kier alpha value is -0.900. The second-order valence-corrected chi connectivity index (χ2v) is 5.29. The van der Waals surface area contributed by atoms with Crippen LogP contribution >= 0.6 is 0 Å². The van der Waals surface area contributed by atoms with Crippen molar-refractivity contribution in [3.05, 3.63) is 0 Å². The molecule has 1 aliphatic heterocycles. The molecule has 0 aromatic heterocycles. The third-order valence-electron chi connectivity index (χ3n) is 4.76. The van der Waals surface area contributed by atoms with Crippen LogP contribution in [0.2, 0.25) is 0 Å². The van der Waals surface area contributed by atoms with Crippen molar-refractivity contribution in [1.29, 1.82) is 0 Å². The highest BCUT2D eigenvalue weighted by Gasteiger charge is 2.55. The molecule has 2 aliphatic rings. The minimum atomic E-state index is -0.446. The van der Waals surface area contributed by atoms with E-state index in [2.05, 4.69) is 0 Å². The first-order valence-corrected chi connectivity index (χ1v) is 6.69. The number of nitrogens with two attached hydrogens (primary N) is 1. The Bertz CT molecular complexity index is 306. The zero-order valence-corrected chi connectivity index (χ0v) is 10.7. The molecule has 0 aromatic rings. The second kappa shape index (κ2) is 4.41. The first-order valence-electron chi connectivity index (χ1n) is 6.69. The minimum absolute atomic E-state index is 0.0339. The van der Waals surface area contributed by atoms with Crippen molar-refractivity contribution in [1.82, 2.24) is 4.90 Å². The van der Waals surface area contributed by atoms with Gasteiger partial charge in [0.25, 0.3) is 0 Å². The average molecular weight is 238 g/mol. The molecule has 1 saturated heterocycles. The molecule has 0 spiro atoms. The first kappa shape index (κ1) is 12.6. The molecule has 2 N–H and O–H groups in total. The van der Waals surface area contributed by atoms with E-state index in [0.29, 0.717) is 6.54 Å². The van der Waals surface area contributed by atoms with Gasteiger partial charge in [-0.2, -0.15) is 0 Å². The summed E-state index contributed by atoms with van der Waals surface area (Å²) in [5, 5.41) is 0. The Morgan fingerprint density at radius 3 is 2.00 bits per heavy atom. The number of amides is 2. The van der Waals surface area contributed by atoms with Gasteiger partial charge in [0.1, 0.15) is 0 Å². The molecule has 2 rings (SSSR count). The highest BCUT2D eigenvalue weighted by Crippen LogP contribution is 2.43. The van der Waals surface area contributed by atoms with Crippen LogP contribution in [0.5, 0.6) is 0 Å². The number of imide groups is 1. The summed E-state index contributed by atoms with van der Waals surface area (Å²) in [6, 6.07) is 0. The summed E-state index contributed by atoms with van der Waals surface area (Å²) in [7, 11) is 0. The van der Waals surface area contributed by atoms with Crippen LogP contribution < -0.4 is 5.73 Å². The molecule has 4 nitrogen and oxygen atoms in total. The van der Waals surface area contributed by atoms with Crippen LogP contribution in [-0.4, -0.2) is 28.8 Å². The highest BCUT2D eigenvalue weighted by atomic mass is 16.2. The van der Waals surface area contributed by atoms with Gasteiger partial charge < -0.3 is 5.73 Å². The summed E-state index contributed by atoms with van der Waals surface area (Å²) in [6.45, 7) is 4.38. The maximum atomic E-state index is 12.4.